The molecule has 7 nitrogen and oxygen atoms in total. The molecule has 1 saturated carbocycles. The van der Waals surface area contributed by atoms with Crippen molar-refractivity contribution in [3.63, 3.8) is 0 Å². The molecule has 2 aromatic heterocycles. The van der Waals surface area contributed by atoms with Crippen molar-refractivity contribution in [2.24, 2.45) is 5.92 Å². The maximum atomic E-state index is 12.7. The van der Waals surface area contributed by atoms with Crippen LogP contribution in [0.5, 0.6) is 0 Å². The molecule has 7 heteroatoms. The number of methoxy groups -OCH3 is 1. The molecular formula is C17H21N5O2. The van der Waals surface area contributed by atoms with Gasteiger partial charge in [0.1, 0.15) is 5.69 Å². The third-order valence-corrected chi connectivity index (χ3v) is 4.72. The summed E-state index contributed by atoms with van der Waals surface area (Å²) < 4.78 is 7.67. The van der Waals surface area contributed by atoms with Crippen LogP contribution in [-0.4, -0.2) is 50.6 Å². The van der Waals surface area contributed by atoms with Crippen LogP contribution >= 0.6 is 0 Å². The first-order valence-corrected chi connectivity index (χ1v) is 8.34. The van der Waals surface area contributed by atoms with Gasteiger partial charge in [-0.3, -0.25) is 9.78 Å². The van der Waals surface area contributed by atoms with Crippen LogP contribution in [-0.2, 0) is 17.8 Å². The van der Waals surface area contributed by atoms with Gasteiger partial charge in [0.2, 0.25) is 0 Å². The summed E-state index contributed by atoms with van der Waals surface area (Å²) in [4.78, 5) is 27.2. The Balaban J connectivity index is 1.60. The third-order valence-electron chi connectivity index (χ3n) is 4.72. The molecular weight excluding hydrogens is 306 g/mol. The van der Waals surface area contributed by atoms with Crippen molar-refractivity contribution in [2.75, 3.05) is 20.3 Å². The second-order valence-corrected chi connectivity index (χ2v) is 6.60. The number of hydrogen-bond acceptors (Lipinski definition) is 5. The molecule has 0 saturated heterocycles. The van der Waals surface area contributed by atoms with E-state index in [2.05, 4.69) is 19.5 Å². The van der Waals surface area contributed by atoms with Gasteiger partial charge in [-0.15, -0.1) is 0 Å². The summed E-state index contributed by atoms with van der Waals surface area (Å²) in [6.45, 7) is 2.74. The van der Waals surface area contributed by atoms with Gasteiger partial charge in [0.25, 0.3) is 5.91 Å². The molecule has 0 bridgehead atoms. The molecule has 1 amide bonds. The molecule has 0 radical (unpaired) electrons. The standard InChI is InChI=1S/C17H21N5O2/c1-24-10-13-8-21(17(23)14-6-18-4-5-19-14)9-15-16(13)22(11-20-15)7-12-2-3-12/h4-6,11-13H,2-3,7-10H2,1H3/t13-/m0/s1. The summed E-state index contributed by atoms with van der Waals surface area (Å²) in [6.07, 6.45) is 9.15. The van der Waals surface area contributed by atoms with E-state index in [1.165, 1.54) is 24.7 Å². The van der Waals surface area contributed by atoms with Gasteiger partial charge in [0, 0.05) is 44.2 Å². The summed E-state index contributed by atoms with van der Waals surface area (Å²) in [7, 11) is 1.70. The fourth-order valence-corrected chi connectivity index (χ4v) is 3.41. The lowest BCUT2D eigenvalue weighted by Gasteiger charge is -2.32. The van der Waals surface area contributed by atoms with Crippen molar-refractivity contribution in [3.05, 3.63) is 42.0 Å². The van der Waals surface area contributed by atoms with E-state index in [9.17, 15) is 4.79 Å². The van der Waals surface area contributed by atoms with Gasteiger partial charge in [-0.2, -0.15) is 0 Å². The van der Waals surface area contributed by atoms with Gasteiger partial charge < -0.3 is 14.2 Å². The molecule has 24 heavy (non-hydrogen) atoms. The van der Waals surface area contributed by atoms with Gasteiger partial charge in [0.05, 0.1) is 31.4 Å². The lowest BCUT2D eigenvalue weighted by molar-refractivity contribution is 0.0666. The number of ether oxygens (including phenoxy) is 1. The van der Waals surface area contributed by atoms with Crippen LogP contribution in [0.25, 0.3) is 0 Å². The number of aromatic nitrogens is 4. The van der Waals surface area contributed by atoms with E-state index < -0.39 is 0 Å². The first-order valence-electron chi connectivity index (χ1n) is 8.34. The first kappa shape index (κ1) is 15.3. The Hall–Kier alpha value is -2.28. The highest BCUT2D eigenvalue weighted by Gasteiger charge is 2.34. The predicted octanol–water partition coefficient (Wildman–Crippen LogP) is 1.47. The zero-order chi connectivity index (χ0) is 16.5. The van der Waals surface area contributed by atoms with E-state index in [1.807, 2.05) is 6.33 Å². The molecule has 2 aliphatic rings. The van der Waals surface area contributed by atoms with Crippen LogP contribution in [0.3, 0.4) is 0 Å². The summed E-state index contributed by atoms with van der Waals surface area (Å²) >= 11 is 0. The third kappa shape index (κ3) is 2.91. The normalized spacial score (nSPS) is 20.0. The quantitative estimate of drug-likeness (QED) is 0.831. The summed E-state index contributed by atoms with van der Waals surface area (Å²) in [5.74, 6) is 0.818. The van der Waals surface area contributed by atoms with Crippen molar-refractivity contribution in [2.45, 2.75) is 31.8 Å². The molecule has 0 spiro atoms. The number of nitrogens with zero attached hydrogens (tertiary/aromatic N) is 5. The Kier molecular flexibility index (Phi) is 4.02. The average molecular weight is 327 g/mol. The van der Waals surface area contributed by atoms with E-state index in [0.29, 0.717) is 25.4 Å². The lowest BCUT2D eigenvalue weighted by atomic mass is 9.98. The number of rotatable bonds is 5. The summed E-state index contributed by atoms with van der Waals surface area (Å²) in [5.41, 5.74) is 2.57. The van der Waals surface area contributed by atoms with Crippen molar-refractivity contribution in [3.8, 4) is 0 Å². The van der Waals surface area contributed by atoms with Gasteiger partial charge in [-0.1, -0.05) is 0 Å². The highest BCUT2D eigenvalue weighted by atomic mass is 16.5. The first-order chi connectivity index (χ1) is 11.8. The highest BCUT2D eigenvalue weighted by Crippen LogP contribution is 2.34. The van der Waals surface area contributed by atoms with E-state index in [1.54, 1.807) is 24.4 Å². The zero-order valence-corrected chi connectivity index (χ0v) is 13.8. The van der Waals surface area contributed by atoms with Gasteiger partial charge in [-0.25, -0.2) is 9.97 Å². The van der Waals surface area contributed by atoms with Crippen LogP contribution in [0, 0.1) is 5.92 Å². The fraction of sp³-hybridized carbons (Fsp3) is 0.529. The lowest BCUT2D eigenvalue weighted by Crippen LogP contribution is -2.40. The smallest absolute Gasteiger partial charge is 0.274 e. The maximum Gasteiger partial charge on any atom is 0.274 e. The minimum absolute atomic E-state index is 0.105. The van der Waals surface area contributed by atoms with Gasteiger partial charge in [-0.05, 0) is 18.8 Å². The number of imidazole rings is 1. The van der Waals surface area contributed by atoms with Crippen LogP contribution in [0.4, 0.5) is 0 Å². The Morgan fingerprint density at radius 1 is 1.33 bits per heavy atom. The minimum Gasteiger partial charge on any atom is -0.384 e. The average Bonchev–Trinajstić information content (AvgIpc) is 3.34. The van der Waals surface area contributed by atoms with Crippen molar-refractivity contribution in [1.29, 1.82) is 0 Å². The molecule has 2 aromatic rings. The van der Waals surface area contributed by atoms with E-state index in [-0.39, 0.29) is 11.8 Å². The molecule has 0 unspecified atom stereocenters. The zero-order valence-electron chi connectivity index (χ0n) is 13.8. The molecule has 126 valence electrons. The number of carbonyl (C=O) groups excluding carboxylic acids is 1. The predicted molar refractivity (Wildman–Crippen MR) is 86.3 cm³/mol. The summed E-state index contributed by atoms with van der Waals surface area (Å²) in [5, 5.41) is 0. The monoisotopic (exact) mass is 327 g/mol. The highest BCUT2D eigenvalue weighted by molar-refractivity contribution is 5.92. The van der Waals surface area contributed by atoms with Crippen LogP contribution in [0.1, 0.15) is 40.6 Å². The Morgan fingerprint density at radius 3 is 2.92 bits per heavy atom. The van der Waals surface area contributed by atoms with Crippen molar-refractivity contribution >= 4 is 5.91 Å². The van der Waals surface area contributed by atoms with E-state index in [0.717, 1.165) is 18.2 Å². The number of amides is 1. The SMILES string of the molecule is COC[C@@H]1CN(C(=O)c2cnccn2)Cc2ncn(CC3CC3)c21. The minimum atomic E-state index is -0.105. The van der Waals surface area contributed by atoms with Crippen LogP contribution < -0.4 is 0 Å². The van der Waals surface area contributed by atoms with Crippen LogP contribution in [0.2, 0.25) is 0 Å². The molecule has 3 heterocycles. The molecule has 4 rings (SSSR count). The Morgan fingerprint density at radius 2 is 2.21 bits per heavy atom. The second kappa shape index (κ2) is 6.32. The van der Waals surface area contributed by atoms with Gasteiger partial charge in [0.15, 0.2) is 0 Å². The summed E-state index contributed by atoms with van der Waals surface area (Å²) in [6, 6.07) is 0. The Labute approximate surface area is 140 Å². The topological polar surface area (TPSA) is 73.1 Å². The molecule has 1 aliphatic heterocycles. The fourth-order valence-electron chi connectivity index (χ4n) is 3.41. The van der Waals surface area contributed by atoms with Crippen molar-refractivity contribution in [1.82, 2.24) is 24.4 Å². The maximum absolute atomic E-state index is 12.7. The van der Waals surface area contributed by atoms with E-state index in [4.69, 9.17) is 4.74 Å². The second-order valence-electron chi connectivity index (χ2n) is 6.60. The van der Waals surface area contributed by atoms with E-state index >= 15 is 0 Å². The number of carbonyl (C=O) groups is 1. The Bertz CT molecular complexity index is 726. The molecule has 1 fully saturated rings. The molecule has 1 aliphatic carbocycles. The molecule has 0 N–H and O–H groups in total. The van der Waals surface area contributed by atoms with Gasteiger partial charge >= 0.3 is 0 Å². The van der Waals surface area contributed by atoms with Crippen LogP contribution in [0.15, 0.2) is 24.9 Å². The largest absolute Gasteiger partial charge is 0.384 e. The molecule has 0 aromatic carbocycles. The van der Waals surface area contributed by atoms with Crippen molar-refractivity contribution < 1.29 is 9.53 Å². The number of hydrogen-bond donors (Lipinski definition) is 0. The number of fused-ring (bicyclic) bond motifs is 1. The molecule has 1 atom stereocenters.